The minimum atomic E-state index is -1.69. The third-order valence-corrected chi connectivity index (χ3v) is 3.67. The van der Waals surface area contributed by atoms with Crippen molar-refractivity contribution >= 4 is 27.9 Å². The zero-order valence-corrected chi connectivity index (χ0v) is 12.7. The second-order valence-corrected chi connectivity index (χ2v) is 5.48. The summed E-state index contributed by atoms with van der Waals surface area (Å²) in [4.78, 5) is 23.7. The van der Waals surface area contributed by atoms with Crippen molar-refractivity contribution in [1.82, 2.24) is 0 Å². The largest absolute Gasteiger partial charge is 0.480 e. The zero-order valence-electron chi connectivity index (χ0n) is 11.1. The normalized spacial score (nSPS) is 15.4. The molecule has 0 aliphatic rings. The van der Waals surface area contributed by atoms with E-state index in [1.165, 1.54) is 6.92 Å². The molecule has 2 unspecified atom stereocenters. The van der Waals surface area contributed by atoms with E-state index in [0.717, 1.165) is 4.47 Å². The fourth-order valence-electron chi connectivity index (χ4n) is 1.50. The van der Waals surface area contributed by atoms with Crippen LogP contribution in [-0.2, 0) is 19.7 Å². The van der Waals surface area contributed by atoms with Crippen LogP contribution in [0.25, 0.3) is 0 Å². The minimum Gasteiger partial charge on any atom is -0.480 e. The molecule has 0 bridgehead atoms. The maximum absolute atomic E-state index is 12.1. The van der Waals surface area contributed by atoms with Gasteiger partial charge in [-0.05, 0) is 38.0 Å². The highest BCUT2D eigenvalue weighted by atomic mass is 79.9. The maximum Gasteiger partial charge on any atom is 0.328 e. The van der Waals surface area contributed by atoms with E-state index in [1.807, 2.05) is 6.92 Å². The Morgan fingerprint density at radius 2 is 1.89 bits per heavy atom. The number of benzene rings is 1. The number of carbonyl (C=O) groups excluding carboxylic acids is 1. The summed E-state index contributed by atoms with van der Waals surface area (Å²) in [7, 11) is 0. The van der Waals surface area contributed by atoms with Gasteiger partial charge in [0.2, 0.25) is 0 Å². The summed E-state index contributed by atoms with van der Waals surface area (Å²) in [5, 5.41) is 9.40. The van der Waals surface area contributed by atoms with Gasteiger partial charge in [-0.2, -0.15) is 0 Å². The molecule has 5 heteroatoms. The molecule has 0 saturated carbocycles. The predicted molar refractivity (Wildman–Crippen MR) is 75.0 cm³/mol. The predicted octanol–water partition coefficient (Wildman–Crippen LogP) is 3.13. The van der Waals surface area contributed by atoms with Gasteiger partial charge >= 0.3 is 11.9 Å². The first-order valence-corrected chi connectivity index (χ1v) is 6.82. The summed E-state index contributed by atoms with van der Waals surface area (Å²) in [5.41, 5.74) is -1.29. The van der Waals surface area contributed by atoms with Gasteiger partial charge < -0.3 is 9.84 Å². The van der Waals surface area contributed by atoms with Crippen molar-refractivity contribution in [2.75, 3.05) is 0 Å². The fourth-order valence-corrected chi connectivity index (χ4v) is 1.76. The Kier molecular flexibility index (Phi) is 5.11. The number of carbonyl (C=O) groups is 2. The molecule has 0 heterocycles. The van der Waals surface area contributed by atoms with Crippen LogP contribution in [0.3, 0.4) is 0 Å². The molecule has 0 aromatic heterocycles. The van der Waals surface area contributed by atoms with E-state index >= 15 is 0 Å². The summed E-state index contributed by atoms with van der Waals surface area (Å²) in [6.45, 7) is 4.97. The van der Waals surface area contributed by atoms with E-state index in [1.54, 1.807) is 31.2 Å². The SMILES string of the molecule is CCC(C)OC(=O)C(C)(C(=O)O)c1ccc(Br)cc1. The molecule has 0 amide bonds. The lowest BCUT2D eigenvalue weighted by atomic mass is 9.82. The molecular formula is C14H17BrO4. The Morgan fingerprint density at radius 3 is 2.32 bits per heavy atom. The van der Waals surface area contributed by atoms with Gasteiger partial charge in [-0.1, -0.05) is 35.0 Å². The molecule has 19 heavy (non-hydrogen) atoms. The van der Waals surface area contributed by atoms with Gasteiger partial charge in [0.25, 0.3) is 0 Å². The Morgan fingerprint density at radius 1 is 1.37 bits per heavy atom. The third-order valence-electron chi connectivity index (χ3n) is 3.14. The number of esters is 1. The third kappa shape index (κ3) is 3.35. The number of hydrogen-bond donors (Lipinski definition) is 1. The van der Waals surface area contributed by atoms with Crippen LogP contribution in [0.2, 0.25) is 0 Å². The molecule has 104 valence electrons. The monoisotopic (exact) mass is 328 g/mol. The van der Waals surface area contributed by atoms with E-state index in [-0.39, 0.29) is 6.10 Å². The van der Waals surface area contributed by atoms with Gasteiger partial charge in [-0.3, -0.25) is 9.59 Å². The van der Waals surface area contributed by atoms with Crippen molar-refractivity contribution in [2.45, 2.75) is 38.7 Å². The van der Waals surface area contributed by atoms with Gasteiger partial charge in [-0.25, -0.2) is 0 Å². The molecule has 0 saturated heterocycles. The van der Waals surface area contributed by atoms with Crippen molar-refractivity contribution in [1.29, 1.82) is 0 Å². The standard InChI is InChI=1S/C14H17BrO4/c1-4-9(2)19-13(18)14(3,12(16)17)10-5-7-11(15)8-6-10/h5-9H,4H2,1-3H3,(H,16,17). The molecule has 0 aliphatic heterocycles. The minimum absolute atomic E-state index is 0.304. The molecule has 1 aromatic carbocycles. The van der Waals surface area contributed by atoms with Crippen LogP contribution < -0.4 is 0 Å². The van der Waals surface area contributed by atoms with Crippen molar-refractivity contribution in [3.63, 3.8) is 0 Å². The van der Waals surface area contributed by atoms with E-state index in [9.17, 15) is 14.7 Å². The first kappa shape index (κ1) is 15.7. The van der Waals surface area contributed by atoms with E-state index in [2.05, 4.69) is 15.9 Å². The number of aliphatic carboxylic acids is 1. The average Bonchev–Trinajstić information content (AvgIpc) is 2.38. The lowest BCUT2D eigenvalue weighted by Gasteiger charge is -2.25. The summed E-state index contributed by atoms with van der Waals surface area (Å²) < 4.78 is 6.00. The van der Waals surface area contributed by atoms with Crippen LogP contribution in [-0.4, -0.2) is 23.1 Å². The zero-order chi connectivity index (χ0) is 14.6. The number of ether oxygens (including phenoxy) is 1. The summed E-state index contributed by atoms with van der Waals surface area (Å²) in [5.74, 6) is -1.96. The van der Waals surface area contributed by atoms with Gasteiger partial charge in [0, 0.05) is 4.47 Å². The van der Waals surface area contributed by atoms with Gasteiger partial charge in [0.15, 0.2) is 5.41 Å². The Hall–Kier alpha value is -1.36. The molecule has 0 spiro atoms. The summed E-state index contributed by atoms with van der Waals surface area (Å²) in [6, 6.07) is 6.62. The van der Waals surface area contributed by atoms with E-state index < -0.39 is 17.4 Å². The van der Waals surface area contributed by atoms with Gasteiger partial charge in [0.1, 0.15) is 0 Å². The fraction of sp³-hybridized carbons (Fsp3) is 0.429. The molecule has 0 aliphatic carbocycles. The van der Waals surface area contributed by atoms with E-state index in [4.69, 9.17) is 4.74 Å². The second kappa shape index (κ2) is 6.19. The van der Waals surface area contributed by atoms with E-state index in [0.29, 0.717) is 12.0 Å². The second-order valence-electron chi connectivity index (χ2n) is 4.56. The number of carboxylic acids is 1. The number of rotatable bonds is 5. The smallest absolute Gasteiger partial charge is 0.328 e. The Labute approximate surface area is 120 Å². The number of halogens is 1. The lowest BCUT2D eigenvalue weighted by molar-refractivity contribution is -0.164. The highest BCUT2D eigenvalue weighted by Crippen LogP contribution is 2.28. The molecule has 1 N–H and O–H groups in total. The van der Waals surface area contributed by atoms with Gasteiger partial charge in [-0.15, -0.1) is 0 Å². The topological polar surface area (TPSA) is 63.6 Å². The van der Waals surface area contributed by atoms with Crippen molar-refractivity contribution < 1.29 is 19.4 Å². The van der Waals surface area contributed by atoms with Crippen LogP contribution in [0.15, 0.2) is 28.7 Å². The first-order valence-electron chi connectivity index (χ1n) is 6.02. The van der Waals surface area contributed by atoms with Crippen LogP contribution >= 0.6 is 15.9 Å². The molecule has 1 aromatic rings. The summed E-state index contributed by atoms with van der Waals surface area (Å²) in [6.07, 6.45) is 0.337. The highest BCUT2D eigenvalue weighted by molar-refractivity contribution is 9.10. The quantitative estimate of drug-likeness (QED) is 0.666. The lowest BCUT2D eigenvalue weighted by Crippen LogP contribution is -2.43. The Bertz CT molecular complexity index is 469. The highest BCUT2D eigenvalue weighted by Gasteiger charge is 2.45. The number of hydrogen-bond acceptors (Lipinski definition) is 3. The van der Waals surface area contributed by atoms with Crippen molar-refractivity contribution in [2.24, 2.45) is 0 Å². The molecule has 4 nitrogen and oxygen atoms in total. The Balaban J connectivity index is 3.13. The van der Waals surface area contributed by atoms with Crippen LogP contribution in [0, 0.1) is 0 Å². The molecular weight excluding hydrogens is 312 g/mol. The van der Waals surface area contributed by atoms with Crippen molar-refractivity contribution in [3.05, 3.63) is 34.3 Å². The van der Waals surface area contributed by atoms with Crippen LogP contribution in [0.4, 0.5) is 0 Å². The van der Waals surface area contributed by atoms with Crippen LogP contribution in [0.1, 0.15) is 32.8 Å². The van der Waals surface area contributed by atoms with Gasteiger partial charge in [0.05, 0.1) is 6.10 Å². The average molecular weight is 329 g/mol. The summed E-state index contributed by atoms with van der Waals surface area (Å²) >= 11 is 3.27. The molecule has 0 radical (unpaired) electrons. The molecule has 1 rings (SSSR count). The van der Waals surface area contributed by atoms with Crippen molar-refractivity contribution in [3.8, 4) is 0 Å². The first-order chi connectivity index (χ1) is 8.82. The maximum atomic E-state index is 12.1. The number of carboxylic acid groups (broad SMARTS) is 1. The molecule has 0 fully saturated rings. The molecule has 2 atom stereocenters. The van der Waals surface area contributed by atoms with Crippen LogP contribution in [0.5, 0.6) is 0 Å².